The fourth-order valence-corrected chi connectivity index (χ4v) is 2.44. The standard InChI is InChI=1S/C12H16N4O2/c13-9-10-14-11(18-15-10)12(3-7-17-8-4-12)16-5-1-2-6-16/h1-2,5-6H,3-4,7-9,13H2. The molecule has 1 fully saturated rings. The van der Waals surface area contributed by atoms with Crippen molar-refractivity contribution in [1.29, 1.82) is 0 Å². The van der Waals surface area contributed by atoms with E-state index in [1.165, 1.54) is 0 Å². The third kappa shape index (κ3) is 1.74. The Kier molecular flexibility index (Phi) is 2.89. The maximum Gasteiger partial charge on any atom is 0.253 e. The molecule has 2 aromatic rings. The average molecular weight is 248 g/mol. The summed E-state index contributed by atoms with van der Waals surface area (Å²) < 4.78 is 13.0. The van der Waals surface area contributed by atoms with Crippen LogP contribution in [0.5, 0.6) is 0 Å². The molecule has 0 aromatic carbocycles. The Bertz CT molecular complexity index is 500. The Balaban J connectivity index is 2.04. The van der Waals surface area contributed by atoms with E-state index in [1.54, 1.807) is 0 Å². The molecular formula is C12H16N4O2. The smallest absolute Gasteiger partial charge is 0.253 e. The lowest BCUT2D eigenvalue weighted by atomic mass is 9.89. The van der Waals surface area contributed by atoms with Crippen LogP contribution in [-0.2, 0) is 16.8 Å². The van der Waals surface area contributed by atoms with Crippen LogP contribution in [0.15, 0.2) is 29.0 Å². The molecule has 0 radical (unpaired) electrons. The summed E-state index contributed by atoms with van der Waals surface area (Å²) in [5, 5.41) is 3.90. The molecule has 1 saturated heterocycles. The Morgan fingerprint density at radius 1 is 1.28 bits per heavy atom. The molecule has 0 spiro atoms. The van der Waals surface area contributed by atoms with Gasteiger partial charge in [0.05, 0.1) is 6.54 Å². The summed E-state index contributed by atoms with van der Waals surface area (Å²) in [6, 6.07) is 3.99. The van der Waals surface area contributed by atoms with Crippen molar-refractivity contribution in [2.24, 2.45) is 5.73 Å². The first-order chi connectivity index (χ1) is 8.85. The van der Waals surface area contributed by atoms with Crippen LogP contribution in [0.3, 0.4) is 0 Å². The number of ether oxygens (including phenoxy) is 1. The number of aromatic nitrogens is 3. The second-order valence-electron chi connectivity index (χ2n) is 4.45. The van der Waals surface area contributed by atoms with Gasteiger partial charge in [-0.15, -0.1) is 0 Å². The average Bonchev–Trinajstić information content (AvgIpc) is 3.11. The SMILES string of the molecule is NCc1noc(C2(n3cccc3)CCOCC2)n1. The molecule has 3 heterocycles. The summed E-state index contributed by atoms with van der Waals surface area (Å²) in [5.74, 6) is 1.17. The minimum Gasteiger partial charge on any atom is -0.381 e. The minimum atomic E-state index is -0.290. The van der Waals surface area contributed by atoms with Crippen molar-refractivity contribution in [2.45, 2.75) is 24.9 Å². The number of hydrogen-bond donors (Lipinski definition) is 1. The van der Waals surface area contributed by atoms with Crippen molar-refractivity contribution in [3.63, 3.8) is 0 Å². The highest BCUT2D eigenvalue weighted by Crippen LogP contribution is 2.35. The van der Waals surface area contributed by atoms with Crippen LogP contribution in [0.1, 0.15) is 24.6 Å². The molecule has 2 aromatic heterocycles. The van der Waals surface area contributed by atoms with E-state index in [9.17, 15) is 0 Å². The van der Waals surface area contributed by atoms with Crippen molar-refractivity contribution >= 4 is 0 Å². The normalized spacial score (nSPS) is 18.9. The van der Waals surface area contributed by atoms with Gasteiger partial charge in [0, 0.05) is 38.4 Å². The van der Waals surface area contributed by atoms with Gasteiger partial charge in [0.15, 0.2) is 5.82 Å². The van der Waals surface area contributed by atoms with E-state index in [1.807, 2.05) is 24.5 Å². The van der Waals surface area contributed by atoms with E-state index < -0.39 is 0 Å². The van der Waals surface area contributed by atoms with Gasteiger partial charge in [-0.1, -0.05) is 5.16 Å². The van der Waals surface area contributed by atoms with Gasteiger partial charge in [-0.05, 0) is 12.1 Å². The Labute approximate surface area is 105 Å². The fourth-order valence-electron chi connectivity index (χ4n) is 2.44. The van der Waals surface area contributed by atoms with Crippen molar-refractivity contribution in [3.8, 4) is 0 Å². The highest BCUT2D eigenvalue weighted by Gasteiger charge is 2.41. The lowest BCUT2D eigenvalue weighted by Gasteiger charge is -2.35. The quantitative estimate of drug-likeness (QED) is 0.872. The van der Waals surface area contributed by atoms with Gasteiger partial charge in [-0.25, -0.2) is 0 Å². The summed E-state index contributed by atoms with van der Waals surface area (Å²) in [4.78, 5) is 4.40. The van der Waals surface area contributed by atoms with Crippen molar-refractivity contribution in [3.05, 3.63) is 36.2 Å². The van der Waals surface area contributed by atoms with Crippen LogP contribution >= 0.6 is 0 Å². The molecule has 96 valence electrons. The minimum absolute atomic E-state index is 0.290. The van der Waals surface area contributed by atoms with Crippen molar-refractivity contribution in [2.75, 3.05) is 13.2 Å². The summed E-state index contributed by atoms with van der Waals surface area (Å²) in [6.45, 7) is 1.68. The molecule has 0 aliphatic carbocycles. The maximum absolute atomic E-state index is 5.54. The first kappa shape index (κ1) is 11.4. The van der Waals surface area contributed by atoms with Crippen LogP contribution in [-0.4, -0.2) is 27.9 Å². The summed E-state index contributed by atoms with van der Waals surface area (Å²) in [6.07, 6.45) is 5.71. The van der Waals surface area contributed by atoms with Crippen LogP contribution in [0.2, 0.25) is 0 Å². The second-order valence-corrected chi connectivity index (χ2v) is 4.45. The first-order valence-corrected chi connectivity index (χ1v) is 6.09. The third-order valence-electron chi connectivity index (χ3n) is 3.47. The molecular weight excluding hydrogens is 232 g/mol. The zero-order chi connectivity index (χ0) is 12.4. The molecule has 6 heteroatoms. The van der Waals surface area contributed by atoms with Crippen LogP contribution in [0, 0.1) is 0 Å². The van der Waals surface area contributed by atoms with Gasteiger partial charge < -0.3 is 19.6 Å². The molecule has 18 heavy (non-hydrogen) atoms. The Hall–Kier alpha value is -1.66. The van der Waals surface area contributed by atoms with E-state index >= 15 is 0 Å². The van der Waals surface area contributed by atoms with Crippen LogP contribution in [0.4, 0.5) is 0 Å². The predicted octanol–water partition coefficient (Wildman–Crippen LogP) is 0.884. The zero-order valence-corrected chi connectivity index (χ0v) is 10.1. The molecule has 0 amide bonds. The number of nitrogens with zero attached hydrogens (tertiary/aromatic N) is 3. The maximum atomic E-state index is 5.54. The zero-order valence-electron chi connectivity index (χ0n) is 10.1. The molecule has 0 unspecified atom stereocenters. The molecule has 0 bridgehead atoms. The number of rotatable bonds is 3. The summed E-state index contributed by atoms with van der Waals surface area (Å²) >= 11 is 0. The van der Waals surface area contributed by atoms with E-state index in [0.717, 1.165) is 12.8 Å². The van der Waals surface area contributed by atoms with Crippen LogP contribution < -0.4 is 5.73 Å². The first-order valence-electron chi connectivity index (χ1n) is 6.09. The Morgan fingerprint density at radius 2 is 2.00 bits per heavy atom. The van der Waals surface area contributed by atoms with Gasteiger partial charge in [0.25, 0.3) is 5.89 Å². The molecule has 2 N–H and O–H groups in total. The molecule has 1 aliphatic rings. The van der Waals surface area contributed by atoms with E-state index in [2.05, 4.69) is 14.7 Å². The van der Waals surface area contributed by atoms with Crippen molar-refractivity contribution < 1.29 is 9.26 Å². The highest BCUT2D eigenvalue weighted by atomic mass is 16.5. The highest BCUT2D eigenvalue weighted by molar-refractivity contribution is 5.11. The van der Waals surface area contributed by atoms with Gasteiger partial charge in [0.1, 0.15) is 5.54 Å². The largest absolute Gasteiger partial charge is 0.381 e. The number of nitrogens with two attached hydrogens (primary N) is 1. The van der Waals surface area contributed by atoms with Gasteiger partial charge >= 0.3 is 0 Å². The van der Waals surface area contributed by atoms with E-state index in [-0.39, 0.29) is 5.54 Å². The Morgan fingerprint density at radius 3 is 2.61 bits per heavy atom. The van der Waals surface area contributed by atoms with Gasteiger partial charge in [0.2, 0.25) is 0 Å². The van der Waals surface area contributed by atoms with E-state index in [0.29, 0.717) is 31.5 Å². The number of hydrogen-bond acceptors (Lipinski definition) is 5. The molecule has 0 saturated carbocycles. The lowest BCUT2D eigenvalue weighted by Crippen LogP contribution is -2.40. The monoisotopic (exact) mass is 248 g/mol. The van der Waals surface area contributed by atoms with E-state index in [4.69, 9.17) is 15.0 Å². The fraction of sp³-hybridized carbons (Fsp3) is 0.500. The van der Waals surface area contributed by atoms with Crippen LogP contribution in [0.25, 0.3) is 0 Å². The summed E-state index contributed by atoms with van der Waals surface area (Å²) in [7, 11) is 0. The molecule has 1 aliphatic heterocycles. The molecule has 6 nitrogen and oxygen atoms in total. The molecule has 0 atom stereocenters. The third-order valence-corrected chi connectivity index (χ3v) is 3.47. The summed E-state index contributed by atoms with van der Waals surface area (Å²) in [5.41, 5.74) is 5.25. The predicted molar refractivity (Wildman–Crippen MR) is 63.8 cm³/mol. The molecule has 3 rings (SSSR count). The van der Waals surface area contributed by atoms with Crippen molar-refractivity contribution in [1.82, 2.24) is 14.7 Å². The van der Waals surface area contributed by atoms with Gasteiger partial charge in [-0.2, -0.15) is 4.98 Å². The lowest BCUT2D eigenvalue weighted by molar-refractivity contribution is 0.0251. The second kappa shape index (κ2) is 4.55. The van der Waals surface area contributed by atoms with Gasteiger partial charge in [-0.3, -0.25) is 0 Å². The topological polar surface area (TPSA) is 79.1 Å².